The molecule has 54 valence electrons. The number of Topliss-reactive ketones (excluding diaryl/α,β-unsaturated/α-hetero) is 1. The Labute approximate surface area is 56.6 Å². The van der Waals surface area contributed by atoms with E-state index in [0.29, 0.717) is 6.42 Å². The predicted octanol–water partition coefficient (Wildman–Crippen LogP) is 0.778. The minimum absolute atomic E-state index is 0.0324. The minimum atomic E-state index is -0.0324. The Morgan fingerprint density at radius 3 is 2.44 bits per heavy atom. The summed E-state index contributed by atoms with van der Waals surface area (Å²) in [6.07, 6.45) is 0.642. The molecule has 0 fully saturated rings. The molecule has 0 aliphatic heterocycles. The number of hydrogen-bond acceptors (Lipinski definition) is 2. The Balaban J connectivity index is 3.54. The fourth-order valence-electron chi connectivity index (χ4n) is 0.695. The normalized spacial score (nSPS) is 13.2. The first-order valence-corrected chi connectivity index (χ1v) is 3.25. The summed E-state index contributed by atoms with van der Waals surface area (Å²) in [7, 11) is 0. The number of carbonyl (C=O) groups is 1. The van der Waals surface area contributed by atoms with Crippen LogP contribution in [0.25, 0.3) is 0 Å². The van der Waals surface area contributed by atoms with Crippen LogP contribution < -0.4 is 5.32 Å². The smallest absolute Gasteiger partial charge is 0.144 e. The zero-order valence-electron chi connectivity index (χ0n) is 6.11. The van der Waals surface area contributed by atoms with Crippen LogP contribution in [0, 0.1) is 6.92 Å². The van der Waals surface area contributed by atoms with E-state index in [2.05, 4.69) is 12.2 Å². The quantitative estimate of drug-likeness (QED) is 0.567. The molecule has 0 aliphatic carbocycles. The van der Waals surface area contributed by atoms with E-state index in [9.17, 15) is 4.79 Å². The van der Waals surface area contributed by atoms with E-state index in [1.807, 2.05) is 6.92 Å². The second-order valence-corrected chi connectivity index (χ2v) is 2.01. The summed E-state index contributed by atoms with van der Waals surface area (Å²) in [4.78, 5) is 10.7. The van der Waals surface area contributed by atoms with Gasteiger partial charge in [-0.2, -0.15) is 6.42 Å². The lowest BCUT2D eigenvalue weighted by Gasteiger charge is -2.13. The Bertz CT molecular complexity index is 90.9. The van der Waals surface area contributed by atoms with Crippen molar-refractivity contribution in [2.75, 3.05) is 6.54 Å². The van der Waals surface area contributed by atoms with Crippen LogP contribution >= 0.6 is 0 Å². The van der Waals surface area contributed by atoms with Gasteiger partial charge in [0.2, 0.25) is 0 Å². The van der Waals surface area contributed by atoms with Crippen molar-refractivity contribution in [2.24, 2.45) is 0 Å². The van der Waals surface area contributed by atoms with Crippen molar-refractivity contribution in [1.82, 2.24) is 5.32 Å². The maximum Gasteiger partial charge on any atom is 0.144 e. The monoisotopic (exact) mass is 128 g/mol. The SMILES string of the molecule is [CH2-]CC(NCC)C(C)=O. The lowest BCUT2D eigenvalue weighted by Crippen LogP contribution is -2.34. The maximum atomic E-state index is 10.7. The van der Waals surface area contributed by atoms with Gasteiger partial charge in [-0.1, -0.05) is 6.92 Å². The number of rotatable bonds is 4. The van der Waals surface area contributed by atoms with Crippen molar-refractivity contribution >= 4 is 5.78 Å². The highest BCUT2D eigenvalue weighted by Crippen LogP contribution is 1.89. The second-order valence-electron chi connectivity index (χ2n) is 2.01. The largest absolute Gasteiger partial charge is 0.341 e. The van der Waals surface area contributed by atoms with E-state index >= 15 is 0 Å². The Kier molecular flexibility index (Phi) is 4.32. The average molecular weight is 128 g/mol. The van der Waals surface area contributed by atoms with E-state index in [0.717, 1.165) is 6.54 Å². The maximum absolute atomic E-state index is 10.7. The first kappa shape index (κ1) is 8.63. The van der Waals surface area contributed by atoms with Crippen LogP contribution in [0.5, 0.6) is 0 Å². The van der Waals surface area contributed by atoms with Crippen LogP contribution in [-0.2, 0) is 4.79 Å². The number of ketones is 1. The van der Waals surface area contributed by atoms with Gasteiger partial charge in [0.1, 0.15) is 5.78 Å². The van der Waals surface area contributed by atoms with E-state index < -0.39 is 0 Å². The molecule has 2 nitrogen and oxygen atoms in total. The Morgan fingerprint density at radius 2 is 2.33 bits per heavy atom. The van der Waals surface area contributed by atoms with Gasteiger partial charge in [-0.05, 0) is 13.5 Å². The van der Waals surface area contributed by atoms with Gasteiger partial charge in [0.15, 0.2) is 0 Å². The van der Waals surface area contributed by atoms with Crippen molar-refractivity contribution in [3.8, 4) is 0 Å². The van der Waals surface area contributed by atoms with E-state index in [1.54, 1.807) is 6.92 Å². The standard InChI is InChI=1S/C7H14NO/c1-4-7(6(3)9)8-5-2/h7-8H,1,4-5H2,2-3H3/q-1. The van der Waals surface area contributed by atoms with E-state index in [-0.39, 0.29) is 11.8 Å². The lowest BCUT2D eigenvalue weighted by molar-refractivity contribution is -0.118. The van der Waals surface area contributed by atoms with Gasteiger partial charge < -0.3 is 12.2 Å². The topological polar surface area (TPSA) is 29.1 Å². The Hall–Kier alpha value is -0.370. The summed E-state index contributed by atoms with van der Waals surface area (Å²) >= 11 is 0. The third-order valence-corrected chi connectivity index (χ3v) is 1.23. The summed E-state index contributed by atoms with van der Waals surface area (Å²) in [5.74, 6) is 0.173. The van der Waals surface area contributed by atoms with Crippen LogP contribution in [0.15, 0.2) is 0 Å². The number of hydrogen-bond donors (Lipinski definition) is 1. The van der Waals surface area contributed by atoms with Crippen molar-refractivity contribution in [3.05, 3.63) is 6.92 Å². The van der Waals surface area contributed by atoms with Gasteiger partial charge in [-0.25, -0.2) is 0 Å². The van der Waals surface area contributed by atoms with Gasteiger partial charge in [0, 0.05) is 6.04 Å². The van der Waals surface area contributed by atoms with Crippen molar-refractivity contribution in [2.45, 2.75) is 26.3 Å². The van der Waals surface area contributed by atoms with Crippen molar-refractivity contribution < 1.29 is 4.79 Å². The molecule has 0 heterocycles. The summed E-state index contributed by atoms with van der Waals surface area (Å²) in [5, 5.41) is 3.02. The number of carbonyl (C=O) groups excluding carboxylic acids is 1. The summed E-state index contributed by atoms with van der Waals surface area (Å²) in [5.41, 5.74) is 0. The van der Waals surface area contributed by atoms with Gasteiger partial charge in [-0.15, -0.1) is 0 Å². The lowest BCUT2D eigenvalue weighted by atomic mass is 10.1. The third kappa shape index (κ3) is 3.25. The minimum Gasteiger partial charge on any atom is -0.341 e. The highest BCUT2D eigenvalue weighted by molar-refractivity contribution is 5.81. The van der Waals surface area contributed by atoms with Crippen LogP contribution in [0.4, 0.5) is 0 Å². The van der Waals surface area contributed by atoms with Crippen LogP contribution in [0.2, 0.25) is 0 Å². The molecule has 0 aliphatic rings. The summed E-state index contributed by atoms with van der Waals surface area (Å²) < 4.78 is 0. The molecule has 0 aromatic carbocycles. The fourth-order valence-corrected chi connectivity index (χ4v) is 0.695. The molecule has 0 spiro atoms. The molecular weight excluding hydrogens is 114 g/mol. The Morgan fingerprint density at radius 1 is 1.78 bits per heavy atom. The zero-order chi connectivity index (χ0) is 7.28. The fraction of sp³-hybridized carbons (Fsp3) is 0.714. The molecule has 0 radical (unpaired) electrons. The number of nitrogens with one attached hydrogen (secondary N) is 1. The zero-order valence-corrected chi connectivity index (χ0v) is 6.11. The van der Waals surface area contributed by atoms with Crippen LogP contribution in [0.3, 0.4) is 0 Å². The molecule has 1 atom stereocenters. The second kappa shape index (κ2) is 4.50. The third-order valence-electron chi connectivity index (χ3n) is 1.23. The van der Waals surface area contributed by atoms with E-state index in [1.165, 1.54) is 0 Å². The van der Waals surface area contributed by atoms with Gasteiger partial charge >= 0.3 is 0 Å². The molecule has 1 N–H and O–H groups in total. The molecule has 2 heteroatoms. The molecule has 0 rings (SSSR count). The molecule has 0 aromatic rings. The van der Waals surface area contributed by atoms with Crippen LogP contribution in [0.1, 0.15) is 20.3 Å². The molecular formula is C7H14NO-. The molecule has 9 heavy (non-hydrogen) atoms. The van der Waals surface area contributed by atoms with Gasteiger partial charge in [0.05, 0.1) is 0 Å². The highest BCUT2D eigenvalue weighted by atomic mass is 16.1. The molecule has 0 saturated heterocycles. The number of likely N-dealkylation sites (N-methyl/N-ethyl adjacent to an activating group) is 1. The summed E-state index contributed by atoms with van der Waals surface area (Å²) in [6, 6.07) is -0.0324. The molecule has 0 saturated carbocycles. The molecule has 0 aromatic heterocycles. The molecule has 1 unspecified atom stereocenters. The highest BCUT2D eigenvalue weighted by Gasteiger charge is 2.04. The van der Waals surface area contributed by atoms with Gasteiger partial charge in [0.25, 0.3) is 0 Å². The van der Waals surface area contributed by atoms with Crippen molar-refractivity contribution in [1.29, 1.82) is 0 Å². The molecule has 0 amide bonds. The first-order chi connectivity index (χ1) is 4.22. The van der Waals surface area contributed by atoms with Crippen molar-refractivity contribution in [3.63, 3.8) is 0 Å². The first-order valence-electron chi connectivity index (χ1n) is 3.25. The predicted molar refractivity (Wildman–Crippen MR) is 38.1 cm³/mol. The van der Waals surface area contributed by atoms with Gasteiger partial charge in [-0.3, -0.25) is 4.79 Å². The van der Waals surface area contributed by atoms with Crippen LogP contribution in [-0.4, -0.2) is 18.4 Å². The van der Waals surface area contributed by atoms with E-state index in [4.69, 9.17) is 0 Å². The average Bonchev–Trinajstić information content (AvgIpc) is 1.82. The molecule has 0 bridgehead atoms. The summed E-state index contributed by atoms with van der Waals surface area (Å²) in [6.45, 7) is 8.04.